The van der Waals surface area contributed by atoms with Crippen LogP contribution in [0.5, 0.6) is 5.75 Å². The molecular formula is C17H25NO4. The molecule has 1 N–H and O–H groups in total. The van der Waals surface area contributed by atoms with E-state index in [1.807, 2.05) is 31.2 Å². The molecule has 1 amide bonds. The van der Waals surface area contributed by atoms with Gasteiger partial charge in [-0.2, -0.15) is 0 Å². The lowest BCUT2D eigenvalue weighted by Crippen LogP contribution is -2.48. The third-order valence-electron chi connectivity index (χ3n) is 4.14. The summed E-state index contributed by atoms with van der Waals surface area (Å²) in [6.07, 6.45) is 0.504. The summed E-state index contributed by atoms with van der Waals surface area (Å²) in [5.41, 5.74) is -0.777. The van der Waals surface area contributed by atoms with Gasteiger partial charge in [0.1, 0.15) is 23.6 Å². The molecule has 0 unspecified atom stereocenters. The summed E-state index contributed by atoms with van der Waals surface area (Å²) in [5, 5.41) is 10.6. The molecule has 5 heteroatoms. The number of rotatable bonds is 5. The minimum atomic E-state index is -1.01. The Labute approximate surface area is 131 Å². The smallest absolute Gasteiger partial charge is 0.254 e. The van der Waals surface area contributed by atoms with Gasteiger partial charge in [-0.1, -0.05) is 12.1 Å². The van der Waals surface area contributed by atoms with E-state index in [0.717, 1.165) is 11.3 Å². The van der Waals surface area contributed by atoms with Crippen molar-refractivity contribution >= 4 is 5.91 Å². The van der Waals surface area contributed by atoms with Crippen LogP contribution in [0, 0.1) is 6.92 Å². The number of nitrogens with zero attached hydrogens (tertiary/aromatic N) is 1. The number of likely N-dealkylation sites (tertiary alicyclic amines) is 1. The number of aliphatic hydroxyl groups is 1. The topological polar surface area (TPSA) is 59.0 Å². The highest BCUT2D eigenvalue weighted by Gasteiger charge is 2.43. The number of methoxy groups -OCH3 is 1. The maximum absolute atomic E-state index is 12.4. The minimum Gasteiger partial charge on any atom is -0.491 e. The molecule has 2 rings (SSSR count). The molecule has 1 heterocycles. The molecule has 1 aromatic rings. The number of ether oxygens (including phenoxy) is 2. The average Bonchev–Trinajstić information content (AvgIpc) is 2.87. The molecular weight excluding hydrogens is 282 g/mol. The number of β-amino-alcohol motifs (C(OH)–C–C–N with tert-alkyl or cyclic N) is 1. The van der Waals surface area contributed by atoms with E-state index in [1.54, 1.807) is 18.7 Å². The van der Waals surface area contributed by atoms with E-state index in [1.165, 1.54) is 7.11 Å². The fourth-order valence-electron chi connectivity index (χ4n) is 2.54. The van der Waals surface area contributed by atoms with E-state index < -0.39 is 11.2 Å². The summed E-state index contributed by atoms with van der Waals surface area (Å²) in [4.78, 5) is 14.0. The Bertz CT molecular complexity index is 543. The van der Waals surface area contributed by atoms with Crippen molar-refractivity contribution in [2.24, 2.45) is 0 Å². The highest BCUT2D eigenvalue weighted by atomic mass is 16.5. The summed E-state index contributed by atoms with van der Waals surface area (Å²) < 4.78 is 10.9. The zero-order valence-corrected chi connectivity index (χ0v) is 13.8. The number of carbonyl (C=O) groups is 1. The summed E-state index contributed by atoms with van der Waals surface area (Å²) in [6.45, 7) is 6.41. The van der Waals surface area contributed by atoms with E-state index in [0.29, 0.717) is 13.0 Å². The Balaban J connectivity index is 1.94. The van der Waals surface area contributed by atoms with Crippen molar-refractivity contribution in [1.29, 1.82) is 0 Å². The molecule has 0 aliphatic carbocycles. The Morgan fingerprint density at radius 3 is 2.82 bits per heavy atom. The minimum absolute atomic E-state index is 0.110. The Morgan fingerprint density at radius 1 is 1.45 bits per heavy atom. The predicted molar refractivity (Wildman–Crippen MR) is 83.9 cm³/mol. The van der Waals surface area contributed by atoms with E-state index >= 15 is 0 Å². The quantitative estimate of drug-likeness (QED) is 0.900. The maximum atomic E-state index is 12.4. The molecule has 0 saturated carbocycles. The average molecular weight is 307 g/mol. The number of carbonyl (C=O) groups excluding carboxylic acids is 1. The molecule has 1 aliphatic heterocycles. The van der Waals surface area contributed by atoms with Crippen molar-refractivity contribution < 1.29 is 19.4 Å². The second kappa shape index (κ2) is 6.26. The van der Waals surface area contributed by atoms with Crippen LogP contribution in [0.25, 0.3) is 0 Å². The normalized spacial score (nSPS) is 22.0. The molecule has 1 aliphatic rings. The SMILES string of the molecule is COC(C)(C)C(=O)N1CC[C@@](O)(COc2cccc(C)c2)C1. The lowest BCUT2D eigenvalue weighted by atomic mass is 10.1. The summed E-state index contributed by atoms with van der Waals surface area (Å²) in [6, 6.07) is 7.70. The van der Waals surface area contributed by atoms with Gasteiger partial charge in [0.15, 0.2) is 0 Å². The monoisotopic (exact) mass is 307 g/mol. The number of aryl methyl sites for hydroxylation is 1. The van der Waals surface area contributed by atoms with Gasteiger partial charge in [-0.3, -0.25) is 4.79 Å². The molecule has 1 fully saturated rings. The number of benzene rings is 1. The van der Waals surface area contributed by atoms with Crippen LogP contribution in [0.1, 0.15) is 25.8 Å². The molecule has 1 saturated heterocycles. The summed E-state index contributed by atoms with van der Waals surface area (Å²) in [7, 11) is 1.51. The van der Waals surface area contributed by atoms with Crippen LogP contribution in [0.15, 0.2) is 24.3 Å². The van der Waals surface area contributed by atoms with Gasteiger partial charge >= 0.3 is 0 Å². The summed E-state index contributed by atoms with van der Waals surface area (Å²) >= 11 is 0. The van der Waals surface area contributed by atoms with Gasteiger partial charge in [-0.25, -0.2) is 0 Å². The Hall–Kier alpha value is -1.59. The molecule has 0 spiro atoms. The van der Waals surface area contributed by atoms with Crippen LogP contribution < -0.4 is 4.74 Å². The zero-order valence-electron chi connectivity index (χ0n) is 13.8. The van der Waals surface area contributed by atoms with Crippen LogP contribution in [-0.4, -0.2) is 53.9 Å². The first kappa shape index (κ1) is 16.8. The van der Waals surface area contributed by atoms with Gasteiger partial charge in [-0.15, -0.1) is 0 Å². The van der Waals surface area contributed by atoms with E-state index in [4.69, 9.17) is 9.47 Å². The van der Waals surface area contributed by atoms with Crippen LogP contribution in [-0.2, 0) is 9.53 Å². The van der Waals surface area contributed by atoms with Crippen LogP contribution in [0.4, 0.5) is 0 Å². The van der Waals surface area contributed by atoms with Gasteiger partial charge in [0.25, 0.3) is 5.91 Å². The van der Waals surface area contributed by atoms with Crippen molar-refractivity contribution in [1.82, 2.24) is 4.90 Å². The van der Waals surface area contributed by atoms with Gasteiger partial charge in [0, 0.05) is 13.7 Å². The standard InChI is InChI=1S/C17H25NO4/c1-13-6-5-7-14(10-13)22-12-17(20)8-9-18(11-17)15(19)16(2,3)21-4/h5-7,10,20H,8-9,11-12H2,1-4H3/t17-/m0/s1. The third kappa shape index (κ3) is 3.78. The third-order valence-corrected chi connectivity index (χ3v) is 4.14. The van der Waals surface area contributed by atoms with Crippen LogP contribution in [0.3, 0.4) is 0 Å². The van der Waals surface area contributed by atoms with Gasteiger partial charge in [0.05, 0.1) is 6.54 Å². The lowest BCUT2D eigenvalue weighted by Gasteiger charge is -2.29. The Kier molecular flexibility index (Phi) is 4.78. The molecule has 22 heavy (non-hydrogen) atoms. The van der Waals surface area contributed by atoms with Gasteiger partial charge in [0.2, 0.25) is 0 Å². The molecule has 0 radical (unpaired) electrons. The second-order valence-electron chi connectivity index (χ2n) is 6.52. The van der Waals surface area contributed by atoms with Crippen molar-refractivity contribution in [3.05, 3.63) is 29.8 Å². The molecule has 1 atom stereocenters. The van der Waals surface area contributed by atoms with Crippen molar-refractivity contribution in [3.8, 4) is 5.75 Å². The second-order valence-corrected chi connectivity index (χ2v) is 6.52. The van der Waals surface area contributed by atoms with Crippen molar-refractivity contribution in [2.75, 3.05) is 26.8 Å². The summed E-state index contributed by atoms with van der Waals surface area (Å²) in [5.74, 6) is 0.622. The first-order valence-electron chi connectivity index (χ1n) is 7.52. The highest BCUT2D eigenvalue weighted by molar-refractivity contribution is 5.84. The fraction of sp³-hybridized carbons (Fsp3) is 0.588. The van der Waals surface area contributed by atoms with E-state index in [2.05, 4.69) is 0 Å². The first-order valence-corrected chi connectivity index (χ1v) is 7.52. The van der Waals surface area contributed by atoms with Crippen LogP contribution >= 0.6 is 0 Å². The maximum Gasteiger partial charge on any atom is 0.254 e. The lowest BCUT2D eigenvalue weighted by molar-refractivity contribution is -0.151. The predicted octanol–water partition coefficient (Wildman–Crippen LogP) is 1.76. The highest BCUT2D eigenvalue weighted by Crippen LogP contribution is 2.26. The molecule has 1 aromatic carbocycles. The molecule has 5 nitrogen and oxygen atoms in total. The number of hydrogen-bond acceptors (Lipinski definition) is 4. The first-order chi connectivity index (χ1) is 10.3. The largest absolute Gasteiger partial charge is 0.491 e. The van der Waals surface area contributed by atoms with Crippen molar-refractivity contribution in [2.45, 2.75) is 38.4 Å². The van der Waals surface area contributed by atoms with Gasteiger partial charge < -0.3 is 19.5 Å². The number of amides is 1. The van der Waals surface area contributed by atoms with Gasteiger partial charge in [-0.05, 0) is 44.9 Å². The molecule has 122 valence electrons. The zero-order chi connectivity index (χ0) is 16.4. The Morgan fingerprint density at radius 2 is 2.18 bits per heavy atom. The molecule has 0 bridgehead atoms. The van der Waals surface area contributed by atoms with E-state index in [9.17, 15) is 9.90 Å². The molecule has 0 aromatic heterocycles. The number of hydrogen-bond donors (Lipinski definition) is 1. The van der Waals surface area contributed by atoms with E-state index in [-0.39, 0.29) is 19.1 Å². The fourth-order valence-corrected chi connectivity index (χ4v) is 2.54. The van der Waals surface area contributed by atoms with Crippen LogP contribution in [0.2, 0.25) is 0 Å². The van der Waals surface area contributed by atoms with Crippen molar-refractivity contribution in [3.63, 3.8) is 0 Å².